The number of esters is 1. The monoisotopic (exact) mass is 236 g/mol. The quantitative estimate of drug-likeness (QED) is 0.539. The van der Waals surface area contributed by atoms with Gasteiger partial charge in [-0.2, -0.15) is 0 Å². The molecule has 3 nitrogen and oxygen atoms in total. The van der Waals surface area contributed by atoms with Crippen molar-refractivity contribution in [1.29, 1.82) is 0 Å². The number of ether oxygens (including phenoxy) is 1. The zero-order chi connectivity index (χ0) is 9.56. The third-order valence-electron chi connectivity index (χ3n) is 1.35. The Kier molecular flexibility index (Phi) is 5.98. The highest BCUT2D eigenvalue weighted by molar-refractivity contribution is 9.10. The van der Waals surface area contributed by atoms with E-state index >= 15 is 0 Å². The van der Waals surface area contributed by atoms with E-state index < -0.39 is 0 Å². The Bertz CT molecular complexity index is 168. The molecule has 0 aliphatic rings. The molecule has 0 spiro atoms. The first kappa shape index (κ1) is 11.6. The second-order valence-corrected chi connectivity index (χ2v) is 3.53. The largest absolute Gasteiger partial charge is 0.466 e. The van der Waals surface area contributed by atoms with Crippen molar-refractivity contribution in [3.05, 3.63) is 0 Å². The van der Waals surface area contributed by atoms with Gasteiger partial charge in [-0.05, 0) is 20.3 Å². The van der Waals surface area contributed by atoms with E-state index in [1.54, 1.807) is 6.92 Å². The van der Waals surface area contributed by atoms with Gasteiger partial charge in [0.1, 0.15) is 5.78 Å². The van der Waals surface area contributed by atoms with Crippen LogP contribution in [0, 0.1) is 0 Å². The van der Waals surface area contributed by atoms with Gasteiger partial charge in [-0.3, -0.25) is 9.59 Å². The van der Waals surface area contributed by atoms with E-state index in [0.29, 0.717) is 19.4 Å². The Labute approximate surface area is 80.6 Å². The Balaban J connectivity index is 3.54. The Hall–Kier alpha value is -0.380. The van der Waals surface area contributed by atoms with Crippen LogP contribution >= 0.6 is 15.9 Å². The lowest BCUT2D eigenvalue weighted by molar-refractivity contribution is -0.143. The number of alkyl halides is 1. The molecule has 4 heteroatoms. The number of halogens is 1. The van der Waals surface area contributed by atoms with Gasteiger partial charge >= 0.3 is 5.97 Å². The molecule has 0 saturated carbocycles. The average molecular weight is 237 g/mol. The van der Waals surface area contributed by atoms with Crippen molar-refractivity contribution in [2.75, 3.05) is 6.61 Å². The van der Waals surface area contributed by atoms with Gasteiger partial charge in [0.05, 0.1) is 11.4 Å². The van der Waals surface area contributed by atoms with E-state index in [2.05, 4.69) is 15.9 Å². The molecule has 0 aromatic rings. The minimum atomic E-state index is -0.247. The molecule has 1 unspecified atom stereocenters. The lowest BCUT2D eigenvalue weighted by Crippen LogP contribution is -2.13. The second-order valence-electron chi connectivity index (χ2n) is 2.42. The van der Waals surface area contributed by atoms with Crippen molar-refractivity contribution in [3.63, 3.8) is 0 Å². The maximum absolute atomic E-state index is 10.8. The van der Waals surface area contributed by atoms with E-state index in [1.807, 2.05) is 0 Å². The molecule has 0 fully saturated rings. The van der Waals surface area contributed by atoms with Crippen LogP contribution in [0.3, 0.4) is 0 Å². The molecule has 0 N–H and O–H groups in total. The molecule has 0 aromatic heterocycles. The number of carbonyl (C=O) groups is 2. The van der Waals surface area contributed by atoms with Crippen LogP contribution in [0.2, 0.25) is 0 Å². The van der Waals surface area contributed by atoms with Crippen molar-refractivity contribution in [1.82, 2.24) is 0 Å². The number of hydrogen-bond acceptors (Lipinski definition) is 3. The average Bonchev–Trinajstić information content (AvgIpc) is 2.00. The molecule has 0 aliphatic heterocycles. The second kappa shape index (κ2) is 6.17. The van der Waals surface area contributed by atoms with Crippen molar-refractivity contribution in [2.45, 2.75) is 31.5 Å². The van der Waals surface area contributed by atoms with E-state index in [0.717, 1.165) is 0 Å². The van der Waals surface area contributed by atoms with Gasteiger partial charge < -0.3 is 4.74 Å². The van der Waals surface area contributed by atoms with Crippen LogP contribution in [-0.4, -0.2) is 23.2 Å². The fourth-order valence-electron chi connectivity index (χ4n) is 0.681. The highest BCUT2D eigenvalue weighted by Crippen LogP contribution is 2.09. The standard InChI is InChI=1S/C8H13BrO3/c1-3-12-8(11)5-4-7(9)6(2)10/h7H,3-5H2,1-2H3. The predicted octanol–water partition coefficient (Wildman–Crippen LogP) is 1.68. The topological polar surface area (TPSA) is 43.4 Å². The van der Waals surface area contributed by atoms with Gasteiger partial charge in [0, 0.05) is 6.42 Å². The molecule has 0 bridgehead atoms. The summed E-state index contributed by atoms with van der Waals surface area (Å²) in [5.74, 6) is -0.206. The number of hydrogen-bond donors (Lipinski definition) is 0. The first-order valence-corrected chi connectivity index (χ1v) is 4.79. The first-order chi connectivity index (χ1) is 5.57. The zero-order valence-corrected chi connectivity index (χ0v) is 8.89. The molecule has 12 heavy (non-hydrogen) atoms. The molecule has 0 amide bonds. The number of carbonyl (C=O) groups excluding carboxylic acids is 2. The minimum absolute atomic E-state index is 0.0410. The summed E-state index contributed by atoms with van der Waals surface area (Å²) in [5, 5.41) is 0. The Morgan fingerprint density at radius 3 is 2.50 bits per heavy atom. The van der Waals surface area contributed by atoms with Crippen LogP contribution in [-0.2, 0) is 14.3 Å². The van der Waals surface area contributed by atoms with Crippen LogP contribution in [0.25, 0.3) is 0 Å². The summed E-state index contributed by atoms with van der Waals surface area (Å²) < 4.78 is 4.70. The predicted molar refractivity (Wildman–Crippen MR) is 49.3 cm³/mol. The smallest absolute Gasteiger partial charge is 0.305 e. The Morgan fingerprint density at radius 1 is 1.50 bits per heavy atom. The molecule has 0 heterocycles. The molecule has 1 atom stereocenters. The van der Waals surface area contributed by atoms with Gasteiger partial charge in [-0.15, -0.1) is 0 Å². The van der Waals surface area contributed by atoms with Crippen LogP contribution in [0.5, 0.6) is 0 Å². The summed E-state index contributed by atoms with van der Waals surface area (Å²) >= 11 is 3.16. The summed E-state index contributed by atoms with van der Waals surface area (Å²) in [5.41, 5.74) is 0. The SMILES string of the molecule is CCOC(=O)CCC(Br)C(C)=O. The van der Waals surface area contributed by atoms with E-state index in [4.69, 9.17) is 4.74 Å². The lowest BCUT2D eigenvalue weighted by atomic mass is 10.2. The summed E-state index contributed by atoms with van der Waals surface area (Å²) in [7, 11) is 0. The van der Waals surface area contributed by atoms with Gasteiger partial charge in [0.2, 0.25) is 0 Å². The zero-order valence-electron chi connectivity index (χ0n) is 7.30. The fraction of sp³-hybridized carbons (Fsp3) is 0.750. The molecule has 0 aromatic carbocycles. The first-order valence-electron chi connectivity index (χ1n) is 3.88. The van der Waals surface area contributed by atoms with Gasteiger partial charge in [-0.25, -0.2) is 0 Å². The highest BCUT2D eigenvalue weighted by atomic mass is 79.9. The highest BCUT2D eigenvalue weighted by Gasteiger charge is 2.12. The van der Waals surface area contributed by atoms with Gasteiger partial charge in [0.25, 0.3) is 0 Å². The summed E-state index contributed by atoms with van der Waals surface area (Å²) in [4.78, 5) is 21.3. The normalized spacial score (nSPS) is 12.2. The summed E-state index contributed by atoms with van der Waals surface area (Å²) in [6.07, 6.45) is 0.803. The fourth-order valence-corrected chi connectivity index (χ4v) is 0.910. The van der Waals surface area contributed by atoms with Crippen LogP contribution < -0.4 is 0 Å². The molecule has 0 aliphatic carbocycles. The third kappa shape index (κ3) is 5.29. The van der Waals surface area contributed by atoms with Crippen molar-refractivity contribution >= 4 is 27.7 Å². The van der Waals surface area contributed by atoms with Crippen LogP contribution in [0.4, 0.5) is 0 Å². The van der Waals surface area contributed by atoms with Gasteiger partial charge in [-0.1, -0.05) is 15.9 Å². The van der Waals surface area contributed by atoms with E-state index in [1.165, 1.54) is 6.92 Å². The molecule has 0 radical (unpaired) electrons. The van der Waals surface area contributed by atoms with Crippen molar-refractivity contribution in [3.8, 4) is 0 Å². The van der Waals surface area contributed by atoms with E-state index in [9.17, 15) is 9.59 Å². The Morgan fingerprint density at radius 2 is 2.08 bits per heavy atom. The summed E-state index contributed by atoms with van der Waals surface area (Å²) in [6, 6.07) is 0. The number of rotatable bonds is 5. The molecule has 70 valence electrons. The maximum atomic E-state index is 10.8. The third-order valence-corrected chi connectivity index (χ3v) is 2.45. The van der Waals surface area contributed by atoms with Crippen LogP contribution in [0.1, 0.15) is 26.7 Å². The number of ketones is 1. The maximum Gasteiger partial charge on any atom is 0.305 e. The lowest BCUT2D eigenvalue weighted by Gasteiger charge is -2.04. The van der Waals surface area contributed by atoms with Gasteiger partial charge in [0.15, 0.2) is 0 Å². The molecular weight excluding hydrogens is 224 g/mol. The minimum Gasteiger partial charge on any atom is -0.466 e. The van der Waals surface area contributed by atoms with Crippen LogP contribution in [0.15, 0.2) is 0 Å². The van der Waals surface area contributed by atoms with Crippen molar-refractivity contribution < 1.29 is 14.3 Å². The molecule has 0 saturated heterocycles. The van der Waals surface area contributed by atoms with E-state index in [-0.39, 0.29) is 16.6 Å². The molecule has 0 rings (SSSR count). The number of Topliss-reactive ketones (excluding diaryl/α,β-unsaturated/α-hetero) is 1. The molecular formula is C8H13BrO3. The summed E-state index contributed by atoms with van der Waals surface area (Å²) in [6.45, 7) is 3.64. The van der Waals surface area contributed by atoms with Crippen molar-refractivity contribution in [2.24, 2.45) is 0 Å².